The molecule has 7 heteroatoms. The first-order valence-electron chi connectivity index (χ1n) is 9.67. The largest absolute Gasteiger partial charge is 0.345 e. The van der Waals surface area contributed by atoms with E-state index in [-0.39, 0.29) is 16.2 Å². The Morgan fingerprint density at radius 1 is 1.04 bits per heavy atom. The highest BCUT2D eigenvalue weighted by atomic mass is 32.2. The minimum Gasteiger partial charge on any atom is -0.345 e. The monoisotopic (exact) mass is 403 g/mol. The van der Waals surface area contributed by atoms with E-state index in [9.17, 15) is 13.2 Å². The lowest BCUT2D eigenvalue weighted by Crippen LogP contribution is -2.35. The van der Waals surface area contributed by atoms with Gasteiger partial charge in [-0.05, 0) is 42.0 Å². The molecule has 3 rings (SSSR count). The van der Waals surface area contributed by atoms with Crippen molar-refractivity contribution in [2.24, 2.45) is 7.05 Å². The normalized spacial score (nSPS) is 16.1. The number of carbonyl (C=O) groups excluding carboxylic acids is 1. The van der Waals surface area contributed by atoms with Crippen molar-refractivity contribution >= 4 is 21.6 Å². The van der Waals surface area contributed by atoms with Crippen molar-refractivity contribution in [2.75, 3.05) is 18.4 Å². The molecule has 0 saturated carbocycles. The molecule has 0 radical (unpaired) electrons. The molecule has 2 aromatic rings. The number of piperidine rings is 1. The third-order valence-corrected chi connectivity index (χ3v) is 7.04. The fourth-order valence-corrected chi connectivity index (χ4v) is 4.99. The van der Waals surface area contributed by atoms with Crippen molar-refractivity contribution in [3.8, 4) is 0 Å². The van der Waals surface area contributed by atoms with Crippen LogP contribution in [-0.4, -0.2) is 36.3 Å². The molecule has 1 aromatic carbocycles. The topological polar surface area (TPSA) is 71.4 Å². The second-order valence-electron chi connectivity index (χ2n) is 8.42. The number of aromatic nitrogens is 1. The number of nitrogens with one attached hydrogen (secondary N) is 1. The highest BCUT2D eigenvalue weighted by Crippen LogP contribution is 2.25. The van der Waals surface area contributed by atoms with Crippen LogP contribution < -0.4 is 5.32 Å². The summed E-state index contributed by atoms with van der Waals surface area (Å²) in [5.74, 6) is -0.328. The number of nitrogens with zero attached hydrogens (tertiary/aromatic N) is 2. The maximum Gasteiger partial charge on any atom is 0.272 e. The summed E-state index contributed by atoms with van der Waals surface area (Å²) in [6.45, 7) is 7.48. The van der Waals surface area contributed by atoms with Crippen LogP contribution in [0.4, 0.5) is 5.69 Å². The molecule has 1 N–H and O–H groups in total. The molecule has 28 heavy (non-hydrogen) atoms. The minimum absolute atomic E-state index is 0.0400. The number of hydrogen-bond donors (Lipinski definition) is 1. The Morgan fingerprint density at radius 2 is 1.64 bits per heavy atom. The van der Waals surface area contributed by atoms with Gasteiger partial charge in [0.1, 0.15) is 10.6 Å². The Bertz CT molecular complexity index is 948. The van der Waals surface area contributed by atoms with Crippen molar-refractivity contribution in [1.82, 2.24) is 8.87 Å². The second kappa shape index (κ2) is 7.72. The van der Waals surface area contributed by atoms with Gasteiger partial charge in [0.05, 0.1) is 0 Å². The predicted octanol–water partition coefficient (Wildman–Crippen LogP) is 3.75. The van der Waals surface area contributed by atoms with Crippen molar-refractivity contribution in [3.63, 3.8) is 0 Å². The lowest BCUT2D eigenvalue weighted by Gasteiger charge is -2.25. The second-order valence-corrected chi connectivity index (χ2v) is 10.4. The first kappa shape index (κ1) is 20.6. The molecule has 6 nitrogen and oxygen atoms in total. The molecule has 1 saturated heterocycles. The van der Waals surface area contributed by atoms with Crippen LogP contribution in [-0.2, 0) is 22.5 Å². The maximum atomic E-state index is 12.8. The summed E-state index contributed by atoms with van der Waals surface area (Å²) in [6.07, 6.45) is 4.33. The molecular weight excluding hydrogens is 374 g/mol. The first-order valence-corrected chi connectivity index (χ1v) is 11.1. The number of amides is 1. The highest BCUT2D eigenvalue weighted by molar-refractivity contribution is 7.89. The molecule has 1 amide bonds. The smallest absolute Gasteiger partial charge is 0.272 e. The van der Waals surface area contributed by atoms with E-state index >= 15 is 0 Å². The van der Waals surface area contributed by atoms with Gasteiger partial charge in [-0.2, -0.15) is 4.31 Å². The molecule has 0 unspecified atom stereocenters. The van der Waals surface area contributed by atoms with Crippen LogP contribution in [0.25, 0.3) is 0 Å². The van der Waals surface area contributed by atoms with Gasteiger partial charge >= 0.3 is 0 Å². The number of rotatable bonds is 4. The predicted molar refractivity (Wildman–Crippen MR) is 111 cm³/mol. The first-order chi connectivity index (χ1) is 13.1. The van der Waals surface area contributed by atoms with Crippen LogP contribution in [0, 0.1) is 0 Å². The zero-order chi connectivity index (χ0) is 20.5. The van der Waals surface area contributed by atoms with E-state index in [2.05, 4.69) is 26.1 Å². The van der Waals surface area contributed by atoms with Gasteiger partial charge in [0.2, 0.25) is 10.0 Å². The van der Waals surface area contributed by atoms with Crippen molar-refractivity contribution < 1.29 is 13.2 Å². The lowest BCUT2D eigenvalue weighted by molar-refractivity contribution is 0.101. The molecule has 0 atom stereocenters. The maximum absolute atomic E-state index is 12.8. The molecule has 0 spiro atoms. The van der Waals surface area contributed by atoms with Gasteiger partial charge in [-0.15, -0.1) is 0 Å². The summed E-state index contributed by atoms with van der Waals surface area (Å²) >= 11 is 0. The number of anilines is 1. The highest BCUT2D eigenvalue weighted by Gasteiger charge is 2.28. The number of sulfonamides is 1. The van der Waals surface area contributed by atoms with E-state index in [0.29, 0.717) is 24.5 Å². The van der Waals surface area contributed by atoms with Gasteiger partial charge in [-0.25, -0.2) is 8.42 Å². The van der Waals surface area contributed by atoms with E-state index in [4.69, 9.17) is 0 Å². The third kappa shape index (κ3) is 4.31. The van der Waals surface area contributed by atoms with Crippen molar-refractivity contribution in [1.29, 1.82) is 0 Å². The molecule has 0 bridgehead atoms. The van der Waals surface area contributed by atoms with Gasteiger partial charge in [0.15, 0.2) is 0 Å². The average molecular weight is 404 g/mol. The van der Waals surface area contributed by atoms with E-state index < -0.39 is 10.0 Å². The summed E-state index contributed by atoms with van der Waals surface area (Å²) < 4.78 is 28.8. The summed E-state index contributed by atoms with van der Waals surface area (Å²) in [4.78, 5) is 12.9. The number of hydrogen-bond acceptors (Lipinski definition) is 3. The lowest BCUT2D eigenvalue weighted by atomic mass is 9.87. The molecule has 2 heterocycles. The SMILES string of the molecule is Cn1cc(S(=O)(=O)N2CCCCC2)cc1C(=O)Nc1ccc(C(C)(C)C)cc1. The fraction of sp³-hybridized carbons (Fsp3) is 0.476. The zero-order valence-electron chi connectivity index (χ0n) is 17.0. The third-order valence-electron chi connectivity index (χ3n) is 5.17. The summed E-state index contributed by atoms with van der Waals surface area (Å²) in [5.41, 5.74) is 2.22. The fourth-order valence-electron chi connectivity index (χ4n) is 3.40. The van der Waals surface area contributed by atoms with Crippen LogP contribution in [0.1, 0.15) is 56.1 Å². The van der Waals surface area contributed by atoms with Crippen LogP contribution in [0.3, 0.4) is 0 Å². The van der Waals surface area contributed by atoms with Crippen LogP contribution in [0.2, 0.25) is 0 Å². The summed E-state index contributed by atoms with van der Waals surface area (Å²) in [6, 6.07) is 9.18. The van der Waals surface area contributed by atoms with Gasteiger partial charge in [0, 0.05) is 32.0 Å². The van der Waals surface area contributed by atoms with E-state index in [0.717, 1.165) is 19.3 Å². The Morgan fingerprint density at radius 3 is 2.21 bits per heavy atom. The van der Waals surface area contributed by atoms with Crippen molar-refractivity contribution in [2.45, 2.75) is 50.3 Å². The van der Waals surface area contributed by atoms with Crippen molar-refractivity contribution in [3.05, 3.63) is 47.8 Å². The van der Waals surface area contributed by atoms with Gasteiger partial charge in [-0.3, -0.25) is 4.79 Å². The van der Waals surface area contributed by atoms with Crippen LogP contribution in [0.15, 0.2) is 41.4 Å². The molecule has 1 aliphatic rings. The Hall–Kier alpha value is -2.12. The van der Waals surface area contributed by atoms with Gasteiger partial charge in [-0.1, -0.05) is 39.3 Å². The molecule has 1 aliphatic heterocycles. The minimum atomic E-state index is -3.56. The Labute approximate surface area is 167 Å². The number of benzene rings is 1. The quantitative estimate of drug-likeness (QED) is 0.845. The molecule has 0 aliphatic carbocycles. The van der Waals surface area contributed by atoms with Gasteiger partial charge in [0.25, 0.3) is 5.91 Å². The molecule has 1 aromatic heterocycles. The van der Waals surface area contributed by atoms with Crippen LogP contribution >= 0.6 is 0 Å². The Kier molecular flexibility index (Phi) is 5.68. The van der Waals surface area contributed by atoms with Gasteiger partial charge < -0.3 is 9.88 Å². The van der Waals surface area contributed by atoms with E-state index in [1.54, 1.807) is 11.6 Å². The standard InChI is InChI=1S/C21H29N3O3S/c1-21(2,3)16-8-10-17(11-9-16)22-20(25)19-14-18(15-23(19)4)28(26,27)24-12-6-5-7-13-24/h8-11,14-15H,5-7,12-13H2,1-4H3,(H,22,25). The zero-order valence-corrected chi connectivity index (χ0v) is 17.8. The molecule has 1 fully saturated rings. The van der Waals surface area contributed by atoms with Crippen LogP contribution in [0.5, 0.6) is 0 Å². The summed E-state index contributed by atoms with van der Waals surface area (Å²) in [7, 11) is -1.87. The molecule has 152 valence electrons. The van der Waals surface area contributed by atoms with E-state index in [1.807, 2.05) is 24.3 Å². The molecular formula is C21H29N3O3S. The Balaban J connectivity index is 1.78. The number of aryl methyl sites for hydroxylation is 1. The number of carbonyl (C=O) groups is 1. The average Bonchev–Trinajstić information content (AvgIpc) is 3.05. The van der Waals surface area contributed by atoms with E-state index in [1.165, 1.54) is 22.1 Å². The summed E-state index contributed by atoms with van der Waals surface area (Å²) in [5, 5.41) is 2.85.